The van der Waals surface area contributed by atoms with Crippen molar-refractivity contribution in [2.45, 2.75) is 13.8 Å². The first-order valence-corrected chi connectivity index (χ1v) is 8.49. The van der Waals surface area contributed by atoms with E-state index >= 15 is 0 Å². The quantitative estimate of drug-likeness (QED) is 0.895. The molecule has 0 saturated carbocycles. The molecule has 1 N–H and O–H groups in total. The van der Waals surface area contributed by atoms with Gasteiger partial charge in [-0.1, -0.05) is 0 Å². The maximum absolute atomic E-state index is 12.9. The molecule has 1 aliphatic heterocycles. The van der Waals surface area contributed by atoms with Gasteiger partial charge in [-0.05, 0) is 56.3 Å². The van der Waals surface area contributed by atoms with Gasteiger partial charge in [0, 0.05) is 12.7 Å². The molecule has 0 aliphatic carbocycles. The van der Waals surface area contributed by atoms with Crippen LogP contribution >= 0.6 is 0 Å². The predicted molar refractivity (Wildman–Crippen MR) is 99.7 cm³/mol. The van der Waals surface area contributed by atoms with Crippen LogP contribution < -0.4 is 19.7 Å². The van der Waals surface area contributed by atoms with Gasteiger partial charge in [0.2, 0.25) is 5.91 Å². The van der Waals surface area contributed by atoms with Crippen LogP contribution in [-0.4, -0.2) is 32.1 Å². The summed E-state index contributed by atoms with van der Waals surface area (Å²) in [5.74, 6) is 0.166. The second-order valence-corrected chi connectivity index (χ2v) is 7.01. The maximum atomic E-state index is 12.9. The van der Waals surface area contributed by atoms with Crippen LogP contribution in [0.3, 0.4) is 0 Å². The highest BCUT2D eigenvalue weighted by Gasteiger charge is 2.36. The monoisotopic (exact) mass is 372 g/mol. The molecule has 2 aromatic rings. The number of ether oxygens (including phenoxy) is 2. The minimum absolute atomic E-state index is 0.0654. The zero-order valence-electron chi connectivity index (χ0n) is 15.4. The van der Waals surface area contributed by atoms with Crippen molar-refractivity contribution in [3.05, 3.63) is 48.3 Å². The Balaban J connectivity index is 1.68. The molecular formula is C20H21FN2O4. The first-order chi connectivity index (χ1) is 12.8. The largest absolute Gasteiger partial charge is 0.490 e. The lowest BCUT2D eigenvalue weighted by Crippen LogP contribution is -2.39. The van der Waals surface area contributed by atoms with E-state index in [1.165, 1.54) is 29.2 Å². The number of rotatable bonds is 4. The number of anilines is 2. The molecule has 0 fully saturated rings. The Morgan fingerprint density at radius 2 is 1.96 bits per heavy atom. The molecule has 0 radical (unpaired) electrons. The van der Waals surface area contributed by atoms with E-state index in [1.54, 1.807) is 25.2 Å². The van der Waals surface area contributed by atoms with Gasteiger partial charge in [0.25, 0.3) is 5.91 Å². The van der Waals surface area contributed by atoms with Crippen LogP contribution in [0.1, 0.15) is 13.8 Å². The van der Waals surface area contributed by atoms with Gasteiger partial charge in [0.05, 0.1) is 11.1 Å². The Bertz CT molecular complexity index is 865. The summed E-state index contributed by atoms with van der Waals surface area (Å²) < 4.78 is 23.9. The van der Waals surface area contributed by atoms with Crippen molar-refractivity contribution in [3.63, 3.8) is 0 Å². The fraction of sp³-hybridized carbons (Fsp3) is 0.300. The normalized spacial score (nSPS) is 15.4. The summed E-state index contributed by atoms with van der Waals surface area (Å²) in [6, 6.07) is 10.5. The molecule has 6 nitrogen and oxygen atoms in total. The van der Waals surface area contributed by atoms with Gasteiger partial charge in [0.15, 0.2) is 6.61 Å². The molecule has 1 heterocycles. The third kappa shape index (κ3) is 4.19. The second kappa shape index (κ2) is 7.26. The highest BCUT2D eigenvalue weighted by Crippen LogP contribution is 2.37. The van der Waals surface area contributed by atoms with Crippen molar-refractivity contribution >= 4 is 23.2 Å². The van der Waals surface area contributed by atoms with E-state index < -0.39 is 5.41 Å². The Kier molecular flexibility index (Phi) is 5.03. The zero-order chi connectivity index (χ0) is 19.6. The molecule has 0 unspecified atom stereocenters. The molecule has 2 amide bonds. The van der Waals surface area contributed by atoms with Crippen molar-refractivity contribution in [1.29, 1.82) is 0 Å². The summed E-state index contributed by atoms with van der Waals surface area (Å²) in [4.78, 5) is 26.2. The number of hydrogen-bond acceptors (Lipinski definition) is 4. The number of fused-ring (bicyclic) bond motifs is 1. The maximum Gasteiger partial charge on any atom is 0.262 e. The van der Waals surface area contributed by atoms with E-state index in [2.05, 4.69) is 5.32 Å². The first-order valence-electron chi connectivity index (χ1n) is 8.49. The molecule has 0 bridgehead atoms. The predicted octanol–water partition coefficient (Wildman–Crippen LogP) is 3.22. The Labute approximate surface area is 156 Å². The van der Waals surface area contributed by atoms with Gasteiger partial charge in [-0.15, -0.1) is 0 Å². The summed E-state index contributed by atoms with van der Waals surface area (Å²) >= 11 is 0. The summed E-state index contributed by atoms with van der Waals surface area (Å²) in [5.41, 5.74) is 0.465. The van der Waals surface area contributed by atoms with E-state index in [9.17, 15) is 14.0 Å². The summed E-state index contributed by atoms with van der Waals surface area (Å²) in [7, 11) is 1.68. The number of nitrogens with one attached hydrogen (secondary N) is 1. The molecule has 0 aromatic heterocycles. The number of carbonyl (C=O) groups is 2. The van der Waals surface area contributed by atoms with E-state index in [-0.39, 0.29) is 30.8 Å². The van der Waals surface area contributed by atoms with Gasteiger partial charge in [0.1, 0.15) is 23.9 Å². The van der Waals surface area contributed by atoms with E-state index in [0.29, 0.717) is 22.9 Å². The third-order valence-corrected chi connectivity index (χ3v) is 4.26. The average molecular weight is 372 g/mol. The molecule has 3 rings (SSSR count). The lowest BCUT2D eigenvalue weighted by molar-refractivity contribution is -0.127. The molecule has 0 saturated heterocycles. The lowest BCUT2D eigenvalue weighted by Gasteiger charge is -2.24. The average Bonchev–Trinajstić information content (AvgIpc) is 2.72. The highest BCUT2D eigenvalue weighted by atomic mass is 19.1. The molecule has 2 aromatic carbocycles. The lowest BCUT2D eigenvalue weighted by atomic mass is 9.93. The fourth-order valence-electron chi connectivity index (χ4n) is 2.74. The number of halogens is 1. The molecule has 1 aliphatic rings. The van der Waals surface area contributed by atoms with Crippen LogP contribution in [0.5, 0.6) is 11.5 Å². The van der Waals surface area contributed by atoms with Gasteiger partial charge < -0.3 is 19.7 Å². The van der Waals surface area contributed by atoms with Crippen LogP contribution in [0.4, 0.5) is 15.8 Å². The van der Waals surface area contributed by atoms with Gasteiger partial charge >= 0.3 is 0 Å². The number of hydrogen-bond donors (Lipinski definition) is 1. The number of benzene rings is 2. The van der Waals surface area contributed by atoms with Crippen LogP contribution in [-0.2, 0) is 9.59 Å². The molecule has 0 spiro atoms. The minimum atomic E-state index is -0.639. The Hall–Kier alpha value is -3.09. The number of nitrogens with zero attached hydrogens (tertiary/aromatic N) is 1. The summed E-state index contributed by atoms with van der Waals surface area (Å²) in [6.07, 6.45) is 0. The topological polar surface area (TPSA) is 67.9 Å². The Morgan fingerprint density at radius 1 is 1.26 bits per heavy atom. The van der Waals surface area contributed by atoms with Crippen LogP contribution in [0.25, 0.3) is 0 Å². The zero-order valence-corrected chi connectivity index (χ0v) is 15.4. The highest BCUT2D eigenvalue weighted by molar-refractivity contribution is 6.00. The number of carbonyl (C=O) groups excluding carboxylic acids is 2. The second-order valence-electron chi connectivity index (χ2n) is 7.01. The van der Waals surface area contributed by atoms with Crippen molar-refractivity contribution in [2.24, 2.45) is 5.41 Å². The molecular weight excluding hydrogens is 351 g/mol. The van der Waals surface area contributed by atoms with Crippen molar-refractivity contribution in [1.82, 2.24) is 0 Å². The van der Waals surface area contributed by atoms with Crippen LogP contribution in [0.15, 0.2) is 42.5 Å². The molecule has 142 valence electrons. The van der Waals surface area contributed by atoms with E-state index in [1.807, 2.05) is 13.8 Å². The van der Waals surface area contributed by atoms with Crippen molar-refractivity contribution < 1.29 is 23.5 Å². The van der Waals surface area contributed by atoms with E-state index in [0.717, 1.165) is 0 Å². The summed E-state index contributed by atoms with van der Waals surface area (Å²) in [5, 5.41) is 2.72. The van der Waals surface area contributed by atoms with Gasteiger partial charge in [-0.3, -0.25) is 9.59 Å². The van der Waals surface area contributed by atoms with Crippen LogP contribution in [0.2, 0.25) is 0 Å². The molecule has 0 atom stereocenters. The Morgan fingerprint density at radius 3 is 2.67 bits per heavy atom. The SMILES string of the molecule is CN1C(=O)C(C)(C)COc2ccc(NC(=O)COc3ccc(F)cc3)cc21. The molecule has 7 heteroatoms. The first kappa shape index (κ1) is 18.7. The standard InChI is InChI=1S/C20H21FN2O4/c1-20(2)12-27-17-9-6-14(10-16(17)23(3)19(20)25)22-18(24)11-26-15-7-4-13(21)5-8-15/h4-10H,11-12H2,1-3H3,(H,22,24). The summed E-state index contributed by atoms with van der Waals surface area (Å²) in [6.45, 7) is 3.71. The van der Waals surface area contributed by atoms with Crippen molar-refractivity contribution in [3.8, 4) is 11.5 Å². The minimum Gasteiger partial charge on any atom is -0.490 e. The fourth-order valence-corrected chi connectivity index (χ4v) is 2.74. The third-order valence-electron chi connectivity index (χ3n) is 4.26. The van der Waals surface area contributed by atoms with Crippen LogP contribution in [0, 0.1) is 11.2 Å². The van der Waals surface area contributed by atoms with Gasteiger partial charge in [-0.2, -0.15) is 0 Å². The van der Waals surface area contributed by atoms with Gasteiger partial charge in [-0.25, -0.2) is 4.39 Å². The van der Waals surface area contributed by atoms with E-state index in [4.69, 9.17) is 9.47 Å². The van der Waals surface area contributed by atoms with Crippen molar-refractivity contribution in [2.75, 3.05) is 30.5 Å². The number of amides is 2. The smallest absolute Gasteiger partial charge is 0.262 e. The molecule has 27 heavy (non-hydrogen) atoms.